The zero-order chi connectivity index (χ0) is 8.10. The van der Waals surface area contributed by atoms with Crippen LogP contribution in [0.4, 0.5) is 0 Å². The molecule has 0 aromatic heterocycles. The number of hydrogen-bond donors (Lipinski definition) is 0. The first-order valence-electron chi connectivity index (χ1n) is 3.41. The fourth-order valence-electron chi connectivity index (χ4n) is 0.756. The summed E-state index contributed by atoms with van der Waals surface area (Å²) < 4.78 is 2.01. The molecular weight excluding hydrogens is 221 g/mol. The van der Waals surface area contributed by atoms with Crippen LogP contribution in [0.3, 0.4) is 0 Å². The van der Waals surface area contributed by atoms with E-state index in [-0.39, 0.29) is 0 Å². The molecule has 1 aliphatic rings. The summed E-state index contributed by atoms with van der Waals surface area (Å²) in [6, 6.07) is 0. The second-order valence-corrected chi connectivity index (χ2v) is 3.95. The fourth-order valence-corrected chi connectivity index (χ4v) is 2.12. The third-order valence-electron chi connectivity index (χ3n) is 1.24. The van der Waals surface area contributed by atoms with E-state index in [1.807, 2.05) is 16.2 Å². The van der Waals surface area contributed by atoms with Crippen LogP contribution >= 0.6 is 11.8 Å². The molecule has 0 aromatic rings. The van der Waals surface area contributed by atoms with Crippen molar-refractivity contribution in [2.24, 2.45) is 0 Å². The Morgan fingerprint density at radius 2 is 2.64 bits per heavy atom. The summed E-state index contributed by atoms with van der Waals surface area (Å²) in [7, 11) is 0. The quantitative estimate of drug-likeness (QED) is 0.540. The zero-order valence-electron chi connectivity index (χ0n) is 6.19. The van der Waals surface area contributed by atoms with Crippen molar-refractivity contribution in [3.8, 4) is 0 Å². The first-order valence-corrected chi connectivity index (χ1v) is 5.16. The normalized spacial score (nSPS) is 16.5. The van der Waals surface area contributed by atoms with Crippen molar-refractivity contribution < 1.29 is 0 Å². The fraction of sp³-hybridized carbons (Fsp3) is 0.250. The van der Waals surface area contributed by atoms with Gasteiger partial charge in [-0.3, -0.25) is 0 Å². The van der Waals surface area contributed by atoms with E-state index >= 15 is 0 Å². The van der Waals surface area contributed by atoms with Crippen molar-refractivity contribution in [3.63, 3.8) is 0 Å². The SMILES string of the molecule is C=CCSC1=CCC=CN1[Se]. The van der Waals surface area contributed by atoms with Crippen LogP contribution < -0.4 is 0 Å². The van der Waals surface area contributed by atoms with Gasteiger partial charge in [-0.15, -0.1) is 0 Å². The Labute approximate surface area is 80.2 Å². The Hall–Kier alpha value is -0.111. The van der Waals surface area contributed by atoms with Crippen LogP contribution in [0.15, 0.2) is 36.0 Å². The van der Waals surface area contributed by atoms with Gasteiger partial charge in [-0.2, -0.15) is 0 Å². The van der Waals surface area contributed by atoms with Crippen molar-refractivity contribution in [2.45, 2.75) is 6.42 Å². The molecule has 11 heavy (non-hydrogen) atoms. The van der Waals surface area contributed by atoms with Gasteiger partial charge < -0.3 is 0 Å². The zero-order valence-corrected chi connectivity index (χ0v) is 8.72. The molecule has 0 saturated heterocycles. The van der Waals surface area contributed by atoms with Gasteiger partial charge in [0, 0.05) is 0 Å². The molecule has 0 N–H and O–H groups in total. The van der Waals surface area contributed by atoms with Crippen LogP contribution in [0.1, 0.15) is 6.42 Å². The number of rotatable bonds is 3. The van der Waals surface area contributed by atoms with Crippen LogP contribution in [0.25, 0.3) is 0 Å². The van der Waals surface area contributed by atoms with E-state index in [0.717, 1.165) is 12.2 Å². The molecule has 59 valence electrons. The van der Waals surface area contributed by atoms with Crippen molar-refractivity contribution in [1.82, 2.24) is 3.92 Å². The number of hydrogen-bond acceptors (Lipinski definition) is 2. The molecule has 0 spiro atoms. The van der Waals surface area contributed by atoms with Gasteiger partial charge in [0.15, 0.2) is 0 Å². The van der Waals surface area contributed by atoms with Gasteiger partial charge in [0.05, 0.1) is 0 Å². The Kier molecular flexibility index (Phi) is 3.84. The Morgan fingerprint density at radius 1 is 1.82 bits per heavy atom. The molecule has 0 unspecified atom stereocenters. The van der Waals surface area contributed by atoms with Gasteiger partial charge in [-0.05, 0) is 0 Å². The molecule has 0 aromatic carbocycles. The molecule has 0 amide bonds. The summed E-state index contributed by atoms with van der Waals surface area (Å²) in [5, 5.41) is 1.27. The third kappa shape index (κ3) is 2.78. The van der Waals surface area contributed by atoms with Gasteiger partial charge in [-0.25, -0.2) is 0 Å². The van der Waals surface area contributed by atoms with Gasteiger partial charge in [0.2, 0.25) is 0 Å². The molecule has 1 rings (SSSR count). The summed E-state index contributed by atoms with van der Waals surface area (Å²) in [4.78, 5) is 0. The number of allylic oxidation sites excluding steroid dienone is 2. The van der Waals surface area contributed by atoms with Gasteiger partial charge in [-0.1, -0.05) is 0 Å². The Bertz CT molecular complexity index is 198. The van der Waals surface area contributed by atoms with Crippen LogP contribution in [0.5, 0.6) is 0 Å². The summed E-state index contributed by atoms with van der Waals surface area (Å²) in [5.74, 6) is 0.970. The van der Waals surface area contributed by atoms with Crippen LogP contribution in [0.2, 0.25) is 0 Å². The van der Waals surface area contributed by atoms with Crippen molar-refractivity contribution >= 4 is 28.0 Å². The van der Waals surface area contributed by atoms with E-state index in [9.17, 15) is 0 Å². The van der Waals surface area contributed by atoms with E-state index in [1.54, 1.807) is 11.8 Å². The maximum atomic E-state index is 3.68. The first kappa shape index (κ1) is 8.98. The van der Waals surface area contributed by atoms with Crippen molar-refractivity contribution in [2.75, 3.05) is 5.75 Å². The summed E-state index contributed by atoms with van der Waals surface area (Å²) in [5.41, 5.74) is 0. The average Bonchev–Trinajstić information content (AvgIpc) is 2.03. The molecule has 0 saturated carbocycles. The number of thioether (sulfide) groups is 1. The van der Waals surface area contributed by atoms with Crippen LogP contribution in [-0.2, 0) is 0 Å². The van der Waals surface area contributed by atoms with E-state index < -0.39 is 0 Å². The standard InChI is InChI=1S/C8H10NSSe/c1-2-7-10-8-5-3-4-6-9(8)11/h2,4-6H,1,3,7H2. The number of nitrogens with zero attached hydrogens (tertiary/aromatic N) is 1. The molecule has 0 atom stereocenters. The van der Waals surface area contributed by atoms with Gasteiger partial charge in [0.1, 0.15) is 0 Å². The average molecular weight is 231 g/mol. The van der Waals surface area contributed by atoms with Crippen molar-refractivity contribution in [1.29, 1.82) is 0 Å². The van der Waals surface area contributed by atoms with E-state index in [2.05, 4.69) is 35.0 Å². The summed E-state index contributed by atoms with van der Waals surface area (Å²) >= 11 is 4.75. The van der Waals surface area contributed by atoms with E-state index in [4.69, 9.17) is 0 Å². The second-order valence-electron chi connectivity index (χ2n) is 2.09. The third-order valence-corrected chi connectivity index (χ3v) is 3.23. The molecule has 3 heteroatoms. The molecule has 1 heterocycles. The van der Waals surface area contributed by atoms with Gasteiger partial charge in [0.25, 0.3) is 0 Å². The summed E-state index contributed by atoms with van der Waals surface area (Å²) in [6.07, 6.45) is 9.32. The van der Waals surface area contributed by atoms with Crippen molar-refractivity contribution in [3.05, 3.63) is 36.0 Å². The monoisotopic (exact) mass is 232 g/mol. The minimum absolute atomic E-state index is 0.970. The minimum atomic E-state index is 0.970. The van der Waals surface area contributed by atoms with E-state index in [1.165, 1.54) is 5.03 Å². The Balaban J connectivity index is 2.43. The van der Waals surface area contributed by atoms with E-state index in [0.29, 0.717) is 0 Å². The predicted octanol–water partition coefficient (Wildman–Crippen LogP) is 2.05. The maximum absolute atomic E-state index is 3.68. The molecule has 1 nitrogen and oxygen atoms in total. The molecule has 0 fully saturated rings. The van der Waals surface area contributed by atoms with Gasteiger partial charge >= 0.3 is 80.1 Å². The molecular formula is C8H10NSSe. The molecule has 0 aliphatic carbocycles. The van der Waals surface area contributed by atoms with Crippen LogP contribution in [-0.4, -0.2) is 25.9 Å². The predicted molar refractivity (Wildman–Crippen MR) is 52.1 cm³/mol. The summed E-state index contributed by atoms with van der Waals surface area (Å²) in [6.45, 7) is 3.68. The molecule has 1 aliphatic heterocycles. The topological polar surface area (TPSA) is 3.24 Å². The second kappa shape index (κ2) is 4.70. The molecule has 0 bridgehead atoms. The Morgan fingerprint density at radius 3 is 3.27 bits per heavy atom. The van der Waals surface area contributed by atoms with Crippen LogP contribution in [0, 0.1) is 0 Å². The molecule has 1 radical (unpaired) electrons. The first-order chi connectivity index (χ1) is 5.34.